The summed E-state index contributed by atoms with van der Waals surface area (Å²) in [5.74, 6) is 0.177. The highest BCUT2D eigenvalue weighted by molar-refractivity contribution is 5.84. The Hall–Kier alpha value is -2.63. The van der Waals surface area contributed by atoms with Gasteiger partial charge in [0, 0.05) is 36.1 Å². The first-order valence-corrected chi connectivity index (χ1v) is 10.4. The first kappa shape index (κ1) is 19.7. The molecule has 0 bridgehead atoms. The third-order valence-electron chi connectivity index (χ3n) is 6.20. The average Bonchev–Trinajstić information content (AvgIpc) is 3.33. The number of H-pyrrole nitrogens is 1. The van der Waals surface area contributed by atoms with Gasteiger partial charge in [0.25, 0.3) is 0 Å². The molecule has 1 saturated heterocycles. The highest BCUT2D eigenvalue weighted by Crippen LogP contribution is 2.31. The van der Waals surface area contributed by atoms with Crippen LogP contribution in [-0.4, -0.2) is 48.5 Å². The predicted molar refractivity (Wildman–Crippen MR) is 118 cm³/mol. The molecule has 4 N–H and O–H groups in total. The molecular formula is C24H30N4O. The number of nitrogens with zero attached hydrogens (tertiary/aromatic N) is 1. The Morgan fingerprint density at radius 2 is 1.97 bits per heavy atom. The molecule has 1 fully saturated rings. The van der Waals surface area contributed by atoms with Crippen LogP contribution in [0.5, 0.6) is 0 Å². The molecule has 0 aliphatic carbocycles. The number of benzene rings is 2. The summed E-state index contributed by atoms with van der Waals surface area (Å²) in [4.78, 5) is 18.3. The van der Waals surface area contributed by atoms with Crippen LogP contribution in [0.4, 0.5) is 0 Å². The highest BCUT2D eigenvalue weighted by atomic mass is 16.2. The molecular weight excluding hydrogens is 360 g/mol. The molecule has 4 rings (SSSR count). The first-order valence-electron chi connectivity index (χ1n) is 10.4. The Morgan fingerprint density at radius 3 is 2.72 bits per heavy atom. The van der Waals surface area contributed by atoms with Crippen LogP contribution < -0.4 is 11.1 Å². The van der Waals surface area contributed by atoms with E-state index in [9.17, 15) is 4.79 Å². The smallest absolute Gasteiger partial charge is 0.234 e. The molecule has 1 amide bonds. The monoisotopic (exact) mass is 390 g/mol. The lowest BCUT2D eigenvalue weighted by Crippen LogP contribution is -2.39. The molecule has 2 heterocycles. The minimum absolute atomic E-state index is 0.0760. The topological polar surface area (TPSA) is 74.2 Å². The maximum absolute atomic E-state index is 12.7. The summed E-state index contributed by atoms with van der Waals surface area (Å²) in [6.07, 6.45) is 3.13. The van der Waals surface area contributed by atoms with E-state index < -0.39 is 0 Å². The lowest BCUT2D eigenvalue weighted by Gasteiger charge is -2.23. The molecule has 0 radical (unpaired) electrons. The Labute approximate surface area is 172 Å². The van der Waals surface area contributed by atoms with E-state index in [2.05, 4.69) is 70.8 Å². The molecule has 0 saturated carbocycles. The van der Waals surface area contributed by atoms with Crippen molar-refractivity contribution < 1.29 is 4.79 Å². The van der Waals surface area contributed by atoms with Gasteiger partial charge in [0.05, 0.1) is 6.54 Å². The molecule has 29 heavy (non-hydrogen) atoms. The fourth-order valence-electron chi connectivity index (χ4n) is 4.38. The van der Waals surface area contributed by atoms with E-state index in [0.717, 1.165) is 25.0 Å². The molecule has 152 valence electrons. The van der Waals surface area contributed by atoms with Crippen LogP contribution in [0.2, 0.25) is 0 Å². The van der Waals surface area contributed by atoms with Crippen molar-refractivity contribution in [3.05, 3.63) is 71.9 Å². The summed E-state index contributed by atoms with van der Waals surface area (Å²) >= 11 is 0. The number of para-hydroxylation sites is 1. The molecule has 0 spiro atoms. The van der Waals surface area contributed by atoms with Crippen LogP contribution in [0, 0.1) is 5.41 Å². The van der Waals surface area contributed by atoms with Crippen molar-refractivity contribution in [3.8, 4) is 0 Å². The van der Waals surface area contributed by atoms with Gasteiger partial charge in [-0.05, 0) is 42.1 Å². The van der Waals surface area contributed by atoms with Gasteiger partial charge >= 0.3 is 0 Å². The number of likely N-dealkylation sites (tertiary alicyclic amines) is 1. The van der Waals surface area contributed by atoms with E-state index in [1.165, 1.54) is 16.5 Å². The van der Waals surface area contributed by atoms with Crippen molar-refractivity contribution in [3.63, 3.8) is 0 Å². The molecule has 5 heteroatoms. The van der Waals surface area contributed by atoms with Gasteiger partial charge in [-0.25, -0.2) is 0 Å². The second-order valence-electron chi connectivity index (χ2n) is 8.53. The predicted octanol–water partition coefficient (Wildman–Crippen LogP) is 3.09. The number of carbonyl (C=O) groups excluding carboxylic acids is 1. The van der Waals surface area contributed by atoms with Gasteiger partial charge in [0.2, 0.25) is 5.91 Å². The molecule has 2 aromatic carbocycles. The second kappa shape index (κ2) is 8.39. The number of aromatic nitrogens is 1. The third kappa shape index (κ3) is 4.36. The third-order valence-corrected chi connectivity index (χ3v) is 6.20. The zero-order valence-electron chi connectivity index (χ0n) is 17.0. The van der Waals surface area contributed by atoms with Gasteiger partial charge in [0.1, 0.15) is 0 Å². The van der Waals surface area contributed by atoms with Crippen molar-refractivity contribution in [2.24, 2.45) is 11.1 Å². The van der Waals surface area contributed by atoms with E-state index in [1.54, 1.807) is 0 Å². The van der Waals surface area contributed by atoms with Crippen LogP contribution in [0.1, 0.15) is 30.4 Å². The van der Waals surface area contributed by atoms with Crippen molar-refractivity contribution in [2.45, 2.75) is 19.3 Å². The SMILES string of the molecule is CC1(CN)CCN(CC(=O)NCC(c2ccccc2)c2c[nH]c3ccccc23)C1. The number of hydrogen-bond acceptors (Lipinski definition) is 3. The fraction of sp³-hybridized carbons (Fsp3) is 0.375. The van der Waals surface area contributed by atoms with Crippen LogP contribution in [0.15, 0.2) is 60.8 Å². The van der Waals surface area contributed by atoms with Gasteiger partial charge in [-0.15, -0.1) is 0 Å². The summed E-state index contributed by atoms with van der Waals surface area (Å²) in [7, 11) is 0. The Morgan fingerprint density at radius 1 is 1.21 bits per heavy atom. The Bertz CT molecular complexity index is 967. The zero-order chi connectivity index (χ0) is 20.3. The average molecular weight is 391 g/mol. The normalized spacial score (nSPS) is 20.8. The molecule has 1 aliphatic heterocycles. The van der Waals surface area contributed by atoms with Gasteiger partial charge in [-0.3, -0.25) is 9.69 Å². The van der Waals surface area contributed by atoms with Crippen LogP contribution in [-0.2, 0) is 4.79 Å². The number of rotatable bonds is 7. The van der Waals surface area contributed by atoms with Crippen LogP contribution in [0.3, 0.4) is 0 Å². The lowest BCUT2D eigenvalue weighted by molar-refractivity contribution is -0.122. The van der Waals surface area contributed by atoms with Crippen LogP contribution >= 0.6 is 0 Å². The van der Waals surface area contributed by atoms with Crippen LogP contribution in [0.25, 0.3) is 10.9 Å². The Kier molecular flexibility index (Phi) is 5.69. The maximum Gasteiger partial charge on any atom is 0.234 e. The number of aromatic amines is 1. The highest BCUT2D eigenvalue weighted by Gasteiger charge is 2.33. The fourth-order valence-corrected chi connectivity index (χ4v) is 4.38. The minimum atomic E-state index is 0.0760. The quantitative estimate of drug-likeness (QED) is 0.580. The molecule has 1 aromatic heterocycles. The van der Waals surface area contributed by atoms with Crippen molar-refractivity contribution >= 4 is 16.8 Å². The van der Waals surface area contributed by atoms with Crippen molar-refractivity contribution in [1.29, 1.82) is 0 Å². The number of carbonyl (C=O) groups is 1. The number of nitrogens with two attached hydrogens (primary N) is 1. The standard InChI is InChI=1S/C24H30N4O/c1-24(16-25)11-12-28(17-24)15-23(29)27-13-20(18-7-3-2-4-8-18)21-14-26-22-10-6-5-9-19(21)22/h2-10,14,20,26H,11-13,15-17,25H2,1H3,(H,27,29). The lowest BCUT2D eigenvalue weighted by atomic mass is 9.90. The van der Waals surface area contributed by atoms with Gasteiger partial charge < -0.3 is 16.0 Å². The summed E-state index contributed by atoms with van der Waals surface area (Å²) in [6, 6.07) is 18.7. The van der Waals surface area contributed by atoms with E-state index in [-0.39, 0.29) is 17.2 Å². The summed E-state index contributed by atoms with van der Waals surface area (Å²) in [6.45, 7) is 5.71. The van der Waals surface area contributed by atoms with Gasteiger partial charge in [-0.1, -0.05) is 55.5 Å². The molecule has 5 nitrogen and oxygen atoms in total. The molecule has 3 aromatic rings. The van der Waals surface area contributed by atoms with Crippen molar-refractivity contribution in [1.82, 2.24) is 15.2 Å². The number of amides is 1. The van der Waals surface area contributed by atoms with Crippen molar-refractivity contribution in [2.75, 3.05) is 32.7 Å². The number of nitrogens with one attached hydrogen (secondary N) is 2. The van der Waals surface area contributed by atoms with Gasteiger partial charge in [0.15, 0.2) is 0 Å². The zero-order valence-corrected chi connectivity index (χ0v) is 17.0. The number of fused-ring (bicyclic) bond motifs is 1. The van der Waals surface area contributed by atoms with E-state index in [1.807, 2.05) is 12.1 Å². The second-order valence-corrected chi connectivity index (χ2v) is 8.53. The number of hydrogen-bond donors (Lipinski definition) is 3. The van der Waals surface area contributed by atoms with Gasteiger partial charge in [-0.2, -0.15) is 0 Å². The Balaban J connectivity index is 1.48. The largest absolute Gasteiger partial charge is 0.361 e. The summed E-state index contributed by atoms with van der Waals surface area (Å²) in [5.41, 5.74) is 9.56. The summed E-state index contributed by atoms with van der Waals surface area (Å²) < 4.78 is 0. The summed E-state index contributed by atoms with van der Waals surface area (Å²) in [5, 5.41) is 4.38. The molecule has 2 atom stereocenters. The van der Waals surface area contributed by atoms with E-state index in [4.69, 9.17) is 5.73 Å². The molecule has 2 unspecified atom stereocenters. The van der Waals surface area contributed by atoms with E-state index in [0.29, 0.717) is 19.6 Å². The first-order chi connectivity index (χ1) is 14.1. The maximum atomic E-state index is 12.7. The van der Waals surface area contributed by atoms with E-state index >= 15 is 0 Å². The molecule has 1 aliphatic rings. The minimum Gasteiger partial charge on any atom is -0.361 e.